The zero-order chi connectivity index (χ0) is 13.3. The number of ether oxygens (including phenoxy) is 2. The largest absolute Gasteiger partial charge is 0.504 e. The predicted molar refractivity (Wildman–Crippen MR) is 65.1 cm³/mol. The third kappa shape index (κ3) is 1.88. The number of aryl methyl sites for hydroxylation is 1. The van der Waals surface area contributed by atoms with Gasteiger partial charge in [0.05, 0.1) is 13.7 Å². The average Bonchev–Trinajstić information content (AvgIpc) is 2.63. The van der Waals surface area contributed by atoms with Gasteiger partial charge in [0.25, 0.3) is 0 Å². The minimum Gasteiger partial charge on any atom is -0.504 e. The van der Waals surface area contributed by atoms with Gasteiger partial charge in [-0.1, -0.05) is 0 Å². The maximum absolute atomic E-state index is 11.8. The standard InChI is InChI=1S/C13H14O5/c1-4-17-13(15)12-7(2)18-10-6-9(14)11(16-3)5-8(10)12/h5-6,14H,4H2,1-3H3. The molecule has 0 saturated carbocycles. The highest BCUT2D eigenvalue weighted by Crippen LogP contribution is 2.35. The third-order valence-electron chi connectivity index (χ3n) is 2.65. The molecule has 5 nitrogen and oxygen atoms in total. The number of carbonyl (C=O) groups is 1. The summed E-state index contributed by atoms with van der Waals surface area (Å²) in [6.07, 6.45) is 0. The van der Waals surface area contributed by atoms with Crippen LogP contribution in [0.2, 0.25) is 0 Å². The van der Waals surface area contributed by atoms with Gasteiger partial charge < -0.3 is 19.0 Å². The number of carbonyl (C=O) groups excluding carboxylic acids is 1. The Labute approximate surface area is 104 Å². The maximum Gasteiger partial charge on any atom is 0.342 e. The molecule has 0 fully saturated rings. The van der Waals surface area contributed by atoms with E-state index < -0.39 is 5.97 Å². The first kappa shape index (κ1) is 12.3. The van der Waals surface area contributed by atoms with E-state index in [0.29, 0.717) is 28.9 Å². The molecular formula is C13H14O5. The van der Waals surface area contributed by atoms with Crippen molar-refractivity contribution >= 4 is 16.9 Å². The molecule has 0 aliphatic heterocycles. The van der Waals surface area contributed by atoms with E-state index in [4.69, 9.17) is 13.9 Å². The molecular weight excluding hydrogens is 236 g/mol. The van der Waals surface area contributed by atoms with Crippen LogP contribution < -0.4 is 4.74 Å². The van der Waals surface area contributed by atoms with Crippen molar-refractivity contribution in [1.82, 2.24) is 0 Å². The van der Waals surface area contributed by atoms with E-state index in [1.54, 1.807) is 19.9 Å². The second kappa shape index (κ2) is 4.60. The lowest BCUT2D eigenvalue weighted by molar-refractivity contribution is 0.0526. The Morgan fingerprint density at radius 3 is 2.78 bits per heavy atom. The van der Waals surface area contributed by atoms with Crippen molar-refractivity contribution in [2.75, 3.05) is 13.7 Å². The average molecular weight is 250 g/mol. The summed E-state index contributed by atoms with van der Waals surface area (Å²) in [4.78, 5) is 11.8. The van der Waals surface area contributed by atoms with E-state index in [-0.39, 0.29) is 11.5 Å². The summed E-state index contributed by atoms with van der Waals surface area (Å²) in [5.74, 6) is 0.264. The lowest BCUT2D eigenvalue weighted by Crippen LogP contribution is -2.05. The highest BCUT2D eigenvalue weighted by Gasteiger charge is 2.21. The molecule has 1 aromatic carbocycles. The van der Waals surface area contributed by atoms with Crippen LogP contribution in [0.1, 0.15) is 23.0 Å². The van der Waals surface area contributed by atoms with Crippen LogP contribution >= 0.6 is 0 Å². The molecule has 0 bridgehead atoms. The van der Waals surface area contributed by atoms with Gasteiger partial charge in [-0.3, -0.25) is 0 Å². The van der Waals surface area contributed by atoms with E-state index in [1.165, 1.54) is 13.2 Å². The summed E-state index contributed by atoms with van der Waals surface area (Å²) in [7, 11) is 1.44. The first-order chi connectivity index (χ1) is 8.58. The molecule has 1 heterocycles. The van der Waals surface area contributed by atoms with E-state index in [9.17, 15) is 9.90 Å². The monoisotopic (exact) mass is 250 g/mol. The Kier molecular flexibility index (Phi) is 3.14. The van der Waals surface area contributed by atoms with E-state index >= 15 is 0 Å². The lowest BCUT2D eigenvalue weighted by Gasteiger charge is -2.03. The molecule has 0 aliphatic carbocycles. The molecule has 1 aromatic heterocycles. The number of benzene rings is 1. The van der Waals surface area contributed by atoms with E-state index in [1.807, 2.05) is 0 Å². The smallest absolute Gasteiger partial charge is 0.342 e. The molecule has 0 radical (unpaired) electrons. The first-order valence-corrected chi connectivity index (χ1v) is 5.55. The summed E-state index contributed by atoms with van der Waals surface area (Å²) >= 11 is 0. The zero-order valence-corrected chi connectivity index (χ0v) is 10.4. The number of esters is 1. The van der Waals surface area contributed by atoms with Gasteiger partial charge >= 0.3 is 5.97 Å². The minimum atomic E-state index is -0.443. The van der Waals surface area contributed by atoms with Crippen LogP contribution in [0.3, 0.4) is 0 Å². The SMILES string of the molecule is CCOC(=O)c1c(C)oc2cc(O)c(OC)cc12. The fourth-order valence-corrected chi connectivity index (χ4v) is 1.86. The van der Waals surface area contributed by atoms with Gasteiger partial charge in [0, 0.05) is 11.5 Å². The number of hydrogen-bond donors (Lipinski definition) is 1. The van der Waals surface area contributed by atoms with Gasteiger partial charge in [-0.05, 0) is 19.9 Å². The number of aromatic hydroxyl groups is 1. The molecule has 96 valence electrons. The molecule has 0 aliphatic rings. The Bertz CT molecular complexity index is 597. The second-order valence-corrected chi connectivity index (χ2v) is 3.77. The van der Waals surface area contributed by atoms with Crippen LogP contribution in [0.4, 0.5) is 0 Å². The summed E-state index contributed by atoms with van der Waals surface area (Å²) in [6, 6.07) is 2.98. The normalized spacial score (nSPS) is 10.6. The number of methoxy groups -OCH3 is 1. The van der Waals surface area contributed by atoms with Crippen molar-refractivity contribution in [1.29, 1.82) is 0 Å². The molecule has 2 rings (SSSR count). The molecule has 0 unspecified atom stereocenters. The number of phenols is 1. The molecule has 0 saturated heterocycles. The molecule has 18 heavy (non-hydrogen) atoms. The third-order valence-corrected chi connectivity index (χ3v) is 2.65. The van der Waals surface area contributed by atoms with Crippen molar-refractivity contribution in [2.45, 2.75) is 13.8 Å². The summed E-state index contributed by atoms with van der Waals surface area (Å²) in [5, 5.41) is 10.2. The molecule has 5 heteroatoms. The van der Waals surface area contributed by atoms with Crippen LogP contribution in [-0.4, -0.2) is 24.8 Å². The van der Waals surface area contributed by atoms with Crippen LogP contribution in [-0.2, 0) is 4.74 Å². The molecule has 0 atom stereocenters. The van der Waals surface area contributed by atoms with Gasteiger partial charge in [-0.15, -0.1) is 0 Å². The zero-order valence-electron chi connectivity index (χ0n) is 10.4. The fraction of sp³-hybridized carbons (Fsp3) is 0.308. The highest BCUT2D eigenvalue weighted by molar-refractivity contribution is 6.05. The maximum atomic E-state index is 11.8. The Hall–Kier alpha value is -2.17. The van der Waals surface area contributed by atoms with E-state index in [0.717, 1.165) is 0 Å². The first-order valence-electron chi connectivity index (χ1n) is 5.55. The number of rotatable bonds is 3. The minimum absolute atomic E-state index is 0.0332. The quantitative estimate of drug-likeness (QED) is 0.848. The van der Waals surface area contributed by atoms with E-state index in [2.05, 4.69) is 0 Å². The van der Waals surface area contributed by atoms with Crippen molar-refractivity contribution in [2.24, 2.45) is 0 Å². The number of furan rings is 1. The van der Waals surface area contributed by atoms with Crippen molar-refractivity contribution < 1.29 is 23.8 Å². The van der Waals surface area contributed by atoms with Crippen LogP contribution in [0.5, 0.6) is 11.5 Å². The number of hydrogen-bond acceptors (Lipinski definition) is 5. The van der Waals surface area contributed by atoms with Crippen LogP contribution in [0.25, 0.3) is 11.0 Å². The van der Waals surface area contributed by atoms with Crippen molar-refractivity contribution in [3.05, 3.63) is 23.5 Å². The Morgan fingerprint density at radius 1 is 1.44 bits per heavy atom. The predicted octanol–water partition coefficient (Wildman–Crippen LogP) is 2.63. The van der Waals surface area contributed by atoms with Crippen LogP contribution in [0.15, 0.2) is 16.5 Å². The fourth-order valence-electron chi connectivity index (χ4n) is 1.86. The number of fused-ring (bicyclic) bond motifs is 1. The van der Waals surface area contributed by atoms with Crippen molar-refractivity contribution in [3.63, 3.8) is 0 Å². The van der Waals surface area contributed by atoms with Gasteiger partial charge in [-0.2, -0.15) is 0 Å². The van der Waals surface area contributed by atoms with Gasteiger partial charge in [-0.25, -0.2) is 4.79 Å². The summed E-state index contributed by atoms with van der Waals surface area (Å²) in [5.41, 5.74) is 0.791. The van der Waals surface area contributed by atoms with Crippen LogP contribution in [0, 0.1) is 6.92 Å². The molecule has 0 amide bonds. The molecule has 1 N–H and O–H groups in total. The molecule has 0 spiro atoms. The van der Waals surface area contributed by atoms with Gasteiger partial charge in [0.2, 0.25) is 0 Å². The summed E-state index contributed by atoms with van der Waals surface area (Å²) in [6.45, 7) is 3.71. The van der Waals surface area contributed by atoms with Crippen molar-refractivity contribution in [3.8, 4) is 11.5 Å². The Balaban J connectivity index is 2.65. The summed E-state index contributed by atoms with van der Waals surface area (Å²) < 4.78 is 15.4. The second-order valence-electron chi connectivity index (χ2n) is 3.77. The Morgan fingerprint density at radius 2 is 2.17 bits per heavy atom. The number of phenolic OH excluding ortho intramolecular Hbond substituents is 1. The van der Waals surface area contributed by atoms with Gasteiger partial charge in [0.15, 0.2) is 11.5 Å². The van der Waals surface area contributed by atoms with Gasteiger partial charge in [0.1, 0.15) is 16.9 Å². The molecule has 2 aromatic rings. The lowest BCUT2D eigenvalue weighted by atomic mass is 10.1. The topological polar surface area (TPSA) is 68.9 Å². The highest BCUT2D eigenvalue weighted by atomic mass is 16.5.